The lowest BCUT2D eigenvalue weighted by atomic mass is 9.97. The normalized spacial score (nSPS) is 16.9. The minimum Gasteiger partial charge on any atom is -0.468 e. The Bertz CT molecular complexity index is 821. The first-order valence-corrected chi connectivity index (χ1v) is 10.5. The Morgan fingerprint density at radius 3 is 2.55 bits per heavy atom. The van der Waals surface area contributed by atoms with Crippen LogP contribution in [0.25, 0.3) is 5.57 Å². The number of piperidine rings is 1. The van der Waals surface area contributed by atoms with E-state index < -0.39 is 17.6 Å². The zero-order valence-electron chi connectivity index (χ0n) is 18.8. The molecule has 4 N–H and O–H groups in total. The van der Waals surface area contributed by atoms with Crippen LogP contribution in [0, 0.1) is 5.92 Å². The molecular weight excluding hydrogens is 396 g/mol. The lowest BCUT2D eigenvalue weighted by Crippen LogP contribution is -2.42. The van der Waals surface area contributed by atoms with Gasteiger partial charge >= 0.3 is 12.1 Å². The van der Waals surface area contributed by atoms with Gasteiger partial charge in [0.05, 0.1) is 7.11 Å². The van der Waals surface area contributed by atoms with Gasteiger partial charge in [-0.2, -0.15) is 0 Å². The van der Waals surface area contributed by atoms with Crippen LogP contribution in [0.4, 0.5) is 4.79 Å². The molecule has 0 saturated carbocycles. The number of likely N-dealkylation sites (tertiary alicyclic amines) is 1. The summed E-state index contributed by atoms with van der Waals surface area (Å²) in [5.41, 5.74) is 13.5. The van der Waals surface area contributed by atoms with E-state index in [0.29, 0.717) is 31.1 Å². The highest BCUT2D eigenvalue weighted by molar-refractivity contribution is 6.09. The average molecular weight is 431 g/mol. The summed E-state index contributed by atoms with van der Waals surface area (Å²) < 4.78 is 10.1. The number of allylic oxidation sites excluding steroid dienone is 1. The number of aliphatic imine (C=N–C) groups is 1. The van der Waals surface area contributed by atoms with Gasteiger partial charge in [-0.3, -0.25) is 9.79 Å². The van der Waals surface area contributed by atoms with Crippen LogP contribution >= 0.6 is 0 Å². The van der Waals surface area contributed by atoms with Crippen LogP contribution in [0.5, 0.6) is 0 Å². The summed E-state index contributed by atoms with van der Waals surface area (Å²) in [5, 5.41) is 0. The first-order chi connectivity index (χ1) is 14.6. The number of carbonyl (C=O) groups is 2. The molecular formula is C23H34N4O4. The predicted molar refractivity (Wildman–Crippen MR) is 121 cm³/mol. The van der Waals surface area contributed by atoms with Gasteiger partial charge in [-0.15, -0.1) is 0 Å². The van der Waals surface area contributed by atoms with Crippen LogP contribution in [-0.2, 0) is 14.3 Å². The van der Waals surface area contributed by atoms with Gasteiger partial charge in [0.1, 0.15) is 11.6 Å². The molecule has 1 saturated heterocycles. The number of rotatable bonds is 6. The molecule has 2 rings (SSSR count). The molecule has 1 unspecified atom stereocenters. The monoisotopic (exact) mass is 430 g/mol. The van der Waals surface area contributed by atoms with E-state index in [0.717, 1.165) is 24.0 Å². The molecule has 1 atom stereocenters. The Hall–Kier alpha value is -2.87. The molecule has 1 aliphatic rings. The van der Waals surface area contributed by atoms with Gasteiger partial charge in [-0.25, -0.2) is 4.79 Å². The third kappa shape index (κ3) is 7.40. The quantitative estimate of drug-likeness (QED) is 0.529. The van der Waals surface area contributed by atoms with Gasteiger partial charge in [0, 0.05) is 37.6 Å². The van der Waals surface area contributed by atoms with Crippen molar-refractivity contribution >= 4 is 23.9 Å². The van der Waals surface area contributed by atoms with Gasteiger partial charge in [0.2, 0.25) is 0 Å². The highest BCUT2D eigenvalue weighted by Gasteiger charge is 2.26. The number of ether oxygens (including phenoxy) is 2. The first kappa shape index (κ1) is 24.4. The lowest BCUT2D eigenvalue weighted by Gasteiger charge is -2.32. The maximum absolute atomic E-state index is 12.2. The van der Waals surface area contributed by atoms with E-state index in [-0.39, 0.29) is 6.09 Å². The number of nitrogens with two attached hydrogens (primary N) is 2. The summed E-state index contributed by atoms with van der Waals surface area (Å²) in [6, 6.07) is 6.44. The fourth-order valence-electron chi connectivity index (χ4n) is 3.31. The molecule has 31 heavy (non-hydrogen) atoms. The largest absolute Gasteiger partial charge is 0.468 e. The maximum atomic E-state index is 12.2. The minimum absolute atomic E-state index is 0.257. The second kappa shape index (κ2) is 10.9. The van der Waals surface area contributed by atoms with Gasteiger partial charge < -0.3 is 25.8 Å². The molecule has 8 heteroatoms. The van der Waals surface area contributed by atoms with Gasteiger partial charge in [0.25, 0.3) is 0 Å². The lowest BCUT2D eigenvalue weighted by molar-refractivity contribution is -0.142. The van der Waals surface area contributed by atoms with Crippen molar-refractivity contribution in [3.8, 4) is 0 Å². The molecule has 8 nitrogen and oxygen atoms in total. The number of benzene rings is 1. The topological polar surface area (TPSA) is 120 Å². The van der Waals surface area contributed by atoms with Crippen molar-refractivity contribution in [2.75, 3.05) is 26.7 Å². The van der Waals surface area contributed by atoms with E-state index >= 15 is 0 Å². The molecule has 170 valence electrons. The minimum atomic E-state index is -0.851. The van der Waals surface area contributed by atoms with Crippen molar-refractivity contribution in [3.05, 3.63) is 41.6 Å². The number of carbonyl (C=O) groups excluding carboxylic acids is 2. The van der Waals surface area contributed by atoms with Crippen LogP contribution in [0.15, 0.2) is 35.5 Å². The van der Waals surface area contributed by atoms with Crippen LogP contribution in [0.2, 0.25) is 0 Å². The summed E-state index contributed by atoms with van der Waals surface area (Å²) in [6.07, 6.45) is 4.72. The summed E-state index contributed by atoms with van der Waals surface area (Å²) in [7, 11) is 1.31. The second-order valence-corrected chi connectivity index (χ2v) is 8.65. The van der Waals surface area contributed by atoms with E-state index in [2.05, 4.69) is 4.99 Å². The van der Waals surface area contributed by atoms with Gasteiger partial charge in [-0.05, 0) is 56.7 Å². The number of esters is 1. The van der Waals surface area contributed by atoms with Crippen molar-refractivity contribution in [2.24, 2.45) is 22.4 Å². The fourth-order valence-corrected chi connectivity index (χ4v) is 3.31. The average Bonchev–Trinajstić information content (AvgIpc) is 2.75. The van der Waals surface area contributed by atoms with Crippen molar-refractivity contribution in [1.82, 2.24) is 4.90 Å². The third-order valence-electron chi connectivity index (χ3n) is 5.07. The van der Waals surface area contributed by atoms with Crippen molar-refractivity contribution in [3.63, 3.8) is 0 Å². The van der Waals surface area contributed by atoms with E-state index in [1.54, 1.807) is 17.2 Å². The number of nitrogens with zero attached hydrogens (tertiary/aromatic N) is 2. The SMILES string of the molecule is COC(=O)C(N)c1cccc(C(C=NCC2CCN(C(=O)OC(C)(C)C)CC2)=CN)c1. The Morgan fingerprint density at radius 1 is 1.29 bits per heavy atom. The Morgan fingerprint density at radius 2 is 1.97 bits per heavy atom. The first-order valence-electron chi connectivity index (χ1n) is 10.5. The Kier molecular flexibility index (Phi) is 8.62. The second-order valence-electron chi connectivity index (χ2n) is 8.65. The van der Waals surface area contributed by atoms with Gasteiger partial charge in [-0.1, -0.05) is 18.2 Å². The maximum Gasteiger partial charge on any atom is 0.410 e. The number of amides is 1. The van der Waals surface area contributed by atoms with Crippen LogP contribution in [-0.4, -0.2) is 55.5 Å². The van der Waals surface area contributed by atoms with E-state index in [9.17, 15) is 9.59 Å². The standard InChI is InChI=1S/C23H34N4O4/c1-23(2,3)31-22(29)27-10-8-16(9-11-27)14-26-15-19(13-24)17-6-5-7-18(12-17)20(25)21(28)30-4/h5-7,12-13,15-16,20H,8-11,14,24-25H2,1-4H3. The molecule has 1 aliphatic heterocycles. The summed E-state index contributed by atoms with van der Waals surface area (Å²) in [4.78, 5) is 30.2. The van der Waals surface area contributed by atoms with E-state index in [4.69, 9.17) is 20.9 Å². The van der Waals surface area contributed by atoms with E-state index in [1.807, 2.05) is 39.0 Å². The van der Waals surface area contributed by atoms with Crippen molar-refractivity contribution in [1.29, 1.82) is 0 Å². The zero-order valence-corrected chi connectivity index (χ0v) is 18.8. The Balaban J connectivity index is 1.91. The van der Waals surface area contributed by atoms with Crippen molar-refractivity contribution < 1.29 is 19.1 Å². The number of methoxy groups -OCH3 is 1. The van der Waals surface area contributed by atoms with Crippen LogP contribution in [0.1, 0.15) is 50.8 Å². The fraction of sp³-hybridized carbons (Fsp3) is 0.522. The molecule has 1 aromatic carbocycles. The molecule has 0 bridgehead atoms. The summed E-state index contributed by atoms with van der Waals surface area (Å²) in [6.45, 7) is 7.60. The van der Waals surface area contributed by atoms with Crippen molar-refractivity contribution in [2.45, 2.75) is 45.3 Å². The van der Waals surface area contributed by atoms with E-state index in [1.165, 1.54) is 13.3 Å². The molecule has 1 fully saturated rings. The zero-order chi connectivity index (χ0) is 23.0. The summed E-state index contributed by atoms with van der Waals surface area (Å²) in [5.74, 6) is -0.102. The molecule has 0 radical (unpaired) electrons. The smallest absolute Gasteiger partial charge is 0.410 e. The third-order valence-corrected chi connectivity index (χ3v) is 5.07. The highest BCUT2D eigenvalue weighted by atomic mass is 16.6. The molecule has 1 amide bonds. The summed E-state index contributed by atoms with van der Waals surface area (Å²) >= 11 is 0. The highest BCUT2D eigenvalue weighted by Crippen LogP contribution is 2.21. The molecule has 1 heterocycles. The number of hydrogen-bond acceptors (Lipinski definition) is 7. The molecule has 0 aliphatic carbocycles. The predicted octanol–water partition coefficient (Wildman–Crippen LogP) is 2.88. The van der Waals surface area contributed by atoms with Gasteiger partial charge in [0.15, 0.2) is 0 Å². The molecule has 1 aromatic rings. The molecule has 0 spiro atoms. The van der Waals surface area contributed by atoms with Crippen LogP contribution < -0.4 is 11.5 Å². The van der Waals surface area contributed by atoms with Crippen LogP contribution in [0.3, 0.4) is 0 Å². The number of hydrogen-bond donors (Lipinski definition) is 2. The Labute approximate surface area is 184 Å². The molecule has 0 aromatic heterocycles.